The second-order valence-electron chi connectivity index (χ2n) is 7.52. The lowest BCUT2D eigenvalue weighted by Gasteiger charge is -2.23. The number of carboxylic acids is 1. The number of benzene rings is 3. The van der Waals surface area contributed by atoms with E-state index in [1.165, 1.54) is 10.5 Å². The third-order valence-corrected chi connectivity index (χ3v) is 6.48. The molecule has 0 bridgehead atoms. The molecule has 3 aromatic rings. The molecule has 1 aliphatic heterocycles. The van der Waals surface area contributed by atoms with Crippen LogP contribution in [0, 0.1) is 6.92 Å². The van der Waals surface area contributed by atoms with E-state index in [9.17, 15) is 14.7 Å². The molecule has 1 heterocycles. The highest BCUT2D eigenvalue weighted by Crippen LogP contribution is 2.39. The number of hydrogen-bond donors (Lipinski definition) is 1. The number of nitrogens with zero attached hydrogens (tertiary/aromatic N) is 1. The van der Waals surface area contributed by atoms with Crippen LogP contribution in [0.1, 0.15) is 28.3 Å². The molecule has 0 spiro atoms. The van der Waals surface area contributed by atoms with Crippen LogP contribution in [0.25, 0.3) is 6.08 Å². The second kappa shape index (κ2) is 10.0. The molecule has 1 saturated heterocycles. The lowest BCUT2D eigenvalue weighted by atomic mass is 10.1. The molecule has 7 heteroatoms. The number of amides is 1. The van der Waals surface area contributed by atoms with Crippen molar-refractivity contribution >= 4 is 46.3 Å². The van der Waals surface area contributed by atoms with Crippen LogP contribution in [0.2, 0.25) is 0 Å². The number of ether oxygens (including phenoxy) is 1. The normalized spacial score (nSPS) is 15.7. The van der Waals surface area contributed by atoms with Gasteiger partial charge in [-0.3, -0.25) is 9.69 Å². The third-order valence-electron chi connectivity index (χ3n) is 5.15. The van der Waals surface area contributed by atoms with E-state index in [1.54, 1.807) is 36.4 Å². The summed E-state index contributed by atoms with van der Waals surface area (Å²) >= 11 is 6.49. The number of carbonyl (C=O) groups is 2. The van der Waals surface area contributed by atoms with Gasteiger partial charge in [0.2, 0.25) is 0 Å². The molecule has 0 saturated carbocycles. The van der Waals surface area contributed by atoms with Crippen molar-refractivity contribution in [2.75, 3.05) is 0 Å². The molecule has 0 aliphatic carbocycles. The number of thioether (sulfide) groups is 1. The zero-order valence-corrected chi connectivity index (χ0v) is 19.4. The van der Waals surface area contributed by atoms with E-state index in [0.29, 0.717) is 22.8 Å². The molecule has 0 radical (unpaired) electrons. The van der Waals surface area contributed by atoms with Crippen molar-refractivity contribution in [1.82, 2.24) is 4.90 Å². The Kier molecular flexibility index (Phi) is 6.91. The molecular weight excluding hydrogens is 454 g/mol. The number of aryl methyl sites for hydroxylation is 1. The summed E-state index contributed by atoms with van der Waals surface area (Å²) in [4.78, 5) is 26.8. The van der Waals surface area contributed by atoms with Gasteiger partial charge in [-0.25, -0.2) is 4.79 Å². The minimum atomic E-state index is -1.18. The van der Waals surface area contributed by atoms with Gasteiger partial charge >= 0.3 is 5.97 Å². The topological polar surface area (TPSA) is 66.8 Å². The number of carbonyl (C=O) groups excluding carboxylic acids is 1. The van der Waals surface area contributed by atoms with E-state index in [2.05, 4.69) is 0 Å². The molecule has 1 amide bonds. The minimum Gasteiger partial charge on any atom is -0.488 e. The largest absolute Gasteiger partial charge is 0.488 e. The molecule has 1 fully saturated rings. The summed E-state index contributed by atoms with van der Waals surface area (Å²) < 4.78 is 6.22. The van der Waals surface area contributed by atoms with E-state index in [1.807, 2.05) is 55.5 Å². The molecule has 4 rings (SSSR count). The molecule has 5 nitrogen and oxygen atoms in total. The van der Waals surface area contributed by atoms with E-state index >= 15 is 0 Å². The lowest BCUT2D eigenvalue weighted by molar-refractivity contribution is -0.145. The Morgan fingerprint density at radius 2 is 1.73 bits per heavy atom. The molecule has 33 heavy (non-hydrogen) atoms. The van der Waals surface area contributed by atoms with Crippen LogP contribution in [0.5, 0.6) is 5.75 Å². The number of aliphatic carboxylic acids is 1. The summed E-state index contributed by atoms with van der Waals surface area (Å²) in [5.41, 5.74) is 3.42. The van der Waals surface area contributed by atoms with Gasteiger partial charge in [-0.15, -0.1) is 0 Å². The number of rotatable bonds is 7. The average Bonchev–Trinajstić information content (AvgIpc) is 3.08. The summed E-state index contributed by atoms with van der Waals surface area (Å²) in [7, 11) is 0. The van der Waals surface area contributed by atoms with Crippen LogP contribution in [-0.2, 0) is 16.2 Å². The van der Waals surface area contributed by atoms with Crippen LogP contribution in [-0.4, -0.2) is 26.2 Å². The predicted molar refractivity (Wildman–Crippen MR) is 134 cm³/mol. The molecule has 166 valence electrons. The maximum absolute atomic E-state index is 13.2. The summed E-state index contributed by atoms with van der Waals surface area (Å²) in [5.74, 6) is -0.948. The smallest absolute Gasteiger partial charge is 0.331 e. The molecule has 1 N–H and O–H groups in total. The standard InChI is InChI=1S/C26H21NO4S2/c1-17-11-13-18(14-12-17)16-31-21-10-6-5-9-20(21)15-22-24(28)27(26(32)33-22)23(25(29)30)19-7-3-2-4-8-19/h2-15,23H,16H2,1H3,(H,29,30)/b22-15+/t23-/m0/s1. The van der Waals surface area contributed by atoms with Gasteiger partial charge in [0.15, 0.2) is 6.04 Å². The van der Waals surface area contributed by atoms with Crippen LogP contribution in [0.15, 0.2) is 83.8 Å². The first kappa shape index (κ1) is 22.8. The molecule has 0 aromatic heterocycles. The van der Waals surface area contributed by atoms with Crippen molar-refractivity contribution in [3.63, 3.8) is 0 Å². The van der Waals surface area contributed by atoms with E-state index < -0.39 is 17.9 Å². The Morgan fingerprint density at radius 3 is 2.42 bits per heavy atom. The Bertz CT molecular complexity index is 1220. The van der Waals surface area contributed by atoms with Crippen LogP contribution in [0.4, 0.5) is 0 Å². The monoisotopic (exact) mass is 475 g/mol. The van der Waals surface area contributed by atoms with E-state index in [0.717, 1.165) is 22.9 Å². The Labute approximate surface area is 201 Å². The number of carboxylic acid groups (broad SMARTS) is 1. The number of hydrogen-bond acceptors (Lipinski definition) is 5. The van der Waals surface area contributed by atoms with Crippen molar-refractivity contribution in [2.24, 2.45) is 0 Å². The minimum absolute atomic E-state index is 0.209. The maximum atomic E-state index is 13.2. The highest BCUT2D eigenvalue weighted by Gasteiger charge is 2.41. The van der Waals surface area contributed by atoms with Gasteiger partial charge in [0, 0.05) is 5.56 Å². The first-order valence-electron chi connectivity index (χ1n) is 10.3. The molecule has 3 aromatic carbocycles. The first-order chi connectivity index (χ1) is 15.9. The van der Waals surface area contributed by atoms with Gasteiger partial charge in [0.05, 0.1) is 4.91 Å². The van der Waals surface area contributed by atoms with Crippen molar-refractivity contribution in [3.8, 4) is 5.75 Å². The SMILES string of the molecule is Cc1ccc(COc2ccccc2/C=C2/SC(=S)N([C@H](C(=O)O)c3ccccc3)C2=O)cc1. The highest BCUT2D eigenvalue weighted by atomic mass is 32.2. The lowest BCUT2D eigenvalue weighted by Crippen LogP contribution is -2.37. The fourth-order valence-electron chi connectivity index (χ4n) is 3.46. The predicted octanol–water partition coefficient (Wildman–Crippen LogP) is 5.60. The fourth-order valence-corrected chi connectivity index (χ4v) is 4.76. The van der Waals surface area contributed by atoms with Gasteiger partial charge in [0.1, 0.15) is 16.7 Å². The summed E-state index contributed by atoms with van der Waals surface area (Å²) in [6.45, 7) is 2.42. The van der Waals surface area contributed by atoms with Crippen LogP contribution >= 0.6 is 24.0 Å². The fraction of sp³-hybridized carbons (Fsp3) is 0.115. The number of thiocarbonyl (C=S) groups is 1. The van der Waals surface area contributed by atoms with Gasteiger partial charge in [0.25, 0.3) is 5.91 Å². The average molecular weight is 476 g/mol. The van der Waals surface area contributed by atoms with Gasteiger partial charge in [-0.1, -0.05) is 102 Å². The van der Waals surface area contributed by atoms with E-state index in [4.69, 9.17) is 17.0 Å². The van der Waals surface area contributed by atoms with E-state index in [-0.39, 0.29) is 4.32 Å². The molecule has 1 aliphatic rings. The van der Waals surface area contributed by atoms with Crippen LogP contribution < -0.4 is 4.74 Å². The van der Waals surface area contributed by atoms with Gasteiger partial charge < -0.3 is 9.84 Å². The van der Waals surface area contributed by atoms with Crippen LogP contribution in [0.3, 0.4) is 0 Å². The Hall–Kier alpha value is -3.42. The van der Waals surface area contributed by atoms with Crippen molar-refractivity contribution in [2.45, 2.75) is 19.6 Å². The highest BCUT2D eigenvalue weighted by molar-refractivity contribution is 8.26. The maximum Gasteiger partial charge on any atom is 0.331 e. The second-order valence-corrected chi connectivity index (χ2v) is 9.19. The molecule has 1 atom stereocenters. The molecular formula is C26H21NO4S2. The third kappa shape index (κ3) is 5.16. The quantitative estimate of drug-likeness (QED) is 0.354. The Balaban J connectivity index is 1.59. The van der Waals surface area contributed by atoms with Gasteiger partial charge in [-0.05, 0) is 30.2 Å². The summed E-state index contributed by atoms with van der Waals surface area (Å²) in [6, 6.07) is 22.9. The first-order valence-corrected chi connectivity index (χ1v) is 11.5. The molecule has 0 unspecified atom stereocenters. The summed E-state index contributed by atoms with van der Waals surface area (Å²) in [5, 5.41) is 9.84. The van der Waals surface area contributed by atoms with Crippen molar-refractivity contribution < 1.29 is 19.4 Å². The van der Waals surface area contributed by atoms with Crippen molar-refractivity contribution in [3.05, 3.63) is 106 Å². The Morgan fingerprint density at radius 1 is 1.06 bits per heavy atom. The zero-order chi connectivity index (χ0) is 23.4. The van der Waals surface area contributed by atoms with Crippen molar-refractivity contribution in [1.29, 1.82) is 0 Å². The van der Waals surface area contributed by atoms with Gasteiger partial charge in [-0.2, -0.15) is 0 Å². The zero-order valence-electron chi connectivity index (χ0n) is 17.8. The summed E-state index contributed by atoms with van der Waals surface area (Å²) in [6.07, 6.45) is 1.70. The number of para-hydroxylation sites is 1.